The number of nitrogens with two attached hydrogens (primary N) is 1. The lowest BCUT2D eigenvalue weighted by molar-refractivity contribution is -0.147. The molecule has 0 radical (unpaired) electrons. The molecule has 114 valence electrons. The number of carbonyl (C=O) groups excluding carboxylic acids is 3. The molecule has 2 amide bonds. The molecule has 0 unspecified atom stereocenters. The third kappa shape index (κ3) is 5.21. The first-order valence-electron chi connectivity index (χ1n) is 6.63. The van der Waals surface area contributed by atoms with E-state index in [1.165, 1.54) is 12.3 Å². The highest BCUT2D eigenvalue weighted by molar-refractivity contribution is 5.95. The molecule has 7 heteroatoms. The van der Waals surface area contributed by atoms with Crippen LogP contribution in [0.5, 0.6) is 0 Å². The number of ether oxygens (including phenoxy) is 1. The van der Waals surface area contributed by atoms with Crippen molar-refractivity contribution in [3.8, 4) is 0 Å². The van der Waals surface area contributed by atoms with E-state index in [-0.39, 0.29) is 18.7 Å². The predicted octanol–water partition coefficient (Wildman–Crippen LogP) is 0.255. The molecule has 2 atom stereocenters. The molecule has 1 aromatic rings. The van der Waals surface area contributed by atoms with Gasteiger partial charge in [0.05, 0.1) is 12.5 Å². The van der Waals surface area contributed by atoms with Crippen molar-refractivity contribution in [2.24, 2.45) is 11.7 Å². The molecule has 0 aliphatic carbocycles. The van der Waals surface area contributed by atoms with Crippen LogP contribution >= 0.6 is 0 Å². The number of hydrogen-bond donors (Lipinski definition) is 2. The summed E-state index contributed by atoms with van der Waals surface area (Å²) in [6, 6.07) is 3.88. The Hall–Kier alpha value is -2.44. The number of nitrogens with zero attached hydrogens (tertiary/aromatic N) is 1. The van der Waals surface area contributed by atoms with Gasteiger partial charge in [0.25, 0.3) is 5.91 Å². The fourth-order valence-electron chi connectivity index (χ4n) is 1.71. The fraction of sp³-hybridized carbons (Fsp3) is 0.429. The third-order valence-corrected chi connectivity index (χ3v) is 2.82. The van der Waals surface area contributed by atoms with E-state index in [1.54, 1.807) is 26.0 Å². The van der Waals surface area contributed by atoms with E-state index in [0.29, 0.717) is 0 Å². The summed E-state index contributed by atoms with van der Waals surface area (Å²) in [5, 5.41) is 2.48. The maximum Gasteiger partial charge on any atom is 0.308 e. The molecule has 0 aliphatic rings. The molecule has 1 aromatic heterocycles. The minimum atomic E-state index is -0.959. The number of hydrogen-bond acceptors (Lipinski definition) is 5. The molecule has 1 heterocycles. The average molecular weight is 293 g/mol. The topological polar surface area (TPSA) is 111 Å². The van der Waals surface area contributed by atoms with Gasteiger partial charge >= 0.3 is 5.97 Å². The first kappa shape index (κ1) is 16.6. The number of rotatable bonds is 7. The van der Waals surface area contributed by atoms with Crippen LogP contribution in [0.25, 0.3) is 0 Å². The molecular formula is C14H19N3O4. The summed E-state index contributed by atoms with van der Waals surface area (Å²) in [5.41, 5.74) is 5.43. The Kier molecular flexibility index (Phi) is 6.32. The van der Waals surface area contributed by atoms with Crippen molar-refractivity contribution >= 4 is 17.8 Å². The lowest BCUT2D eigenvalue weighted by Crippen LogP contribution is -2.46. The van der Waals surface area contributed by atoms with Crippen molar-refractivity contribution in [1.29, 1.82) is 0 Å². The van der Waals surface area contributed by atoms with E-state index in [4.69, 9.17) is 10.5 Å². The van der Waals surface area contributed by atoms with E-state index in [1.807, 2.05) is 0 Å². The molecule has 7 nitrogen and oxygen atoms in total. The minimum absolute atomic E-state index is 0.0761. The molecular weight excluding hydrogens is 274 g/mol. The van der Waals surface area contributed by atoms with E-state index >= 15 is 0 Å². The normalized spacial score (nSPS) is 13.0. The van der Waals surface area contributed by atoms with Gasteiger partial charge in [-0.15, -0.1) is 0 Å². The van der Waals surface area contributed by atoms with Gasteiger partial charge in [0, 0.05) is 6.20 Å². The number of aromatic nitrogens is 1. The first-order chi connectivity index (χ1) is 9.95. The molecule has 1 rings (SSSR count). The summed E-state index contributed by atoms with van der Waals surface area (Å²) in [4.78, 5) is 38.8. The zero-order chi connectivity index (χ0) is 15.8. The standard InChI is InChI=1S/C14H19N3O4/c1-3-21-14(20)9(2)8-11(12(15)18)17-13(19)10-6-4-5-7-16-10/h4-7,9,11H,3,8H2,1-2H3,(H2,15,18)(H,17,19)/t9-,11+/m0/s1. The summed E-state index contributed by atoms with van der Waals surface area (Å²) < 4.78 is 4.86. The summed E-state index contributed by atoms with van der Waals surface area (Å²) in [7, 11) is 0. The molecule has 0 saturated heterocycles. The predicted molar refractivity (Wildman–Crippen MR) is 75.1 cm³/mol. The van der Waals surface area contributed by atoms with Gasteiger partial charge in [0.1, 0.15) is 11.7 Å². The third-order valence-electron chi connectivity index (χ3n) is 2.82. The van der Waals surface area contributed by atoms with Gasteiger partial charge in [-0.1, -0.05) is 13.0 Å². The van der Waals surface area contributed by atoms with E-state index in [0.717, 1.165) is 0 Å². The lowest BCUT2D eigenvalue weighted by Gasteiger charge is -2.18. The number of nitrogens with one attached hydrogen (secondary N) is 1. The largest absolute Gasteiger partial charge is 0.466 e. The summed E-state index contributed by atoms with van der Waals surface area (Å²) >= 11 is 0. The van der Waals surface area contributed by atoms with Crippen LogP contribution in [0.15, 0.2) is 24.4 Å². The quantitative estimate of drug-likeness (QED) is 0.700. The highest BCUT2D eigenvalue weighted by Crippen LogP contribution is 2.09. The molecule has 21 heavy (non-hydrogen) atoms. The zero-order valence-corrected chi connectivity index (χ0v) is 12.0. The average Bonchev–Trinajstić information content (AvgIpc) is 2.47. The monoisotopic (exact) mass is 293 g/mol. The number of esters is 1. The fourth-order valence-corrected chi connectivity index (χ4v) is 1.71. The van der Waals surface area contributed by atoms with Crippen molar-refractivity contribution < 1.29 is 19.1 Å². The van der Waals surface area contributed by atoms with Crippen LogP contribution in [0.2, 0.25) is 0 Å². The van der Waals surface area contributed by atoms with Gasteiger partial charge < -0.3 is 15.8 Å². The van der Waals surface area contributed by atoms with Crippen molar-refractivity contribution in [3.05, 3.63) is 30.1 Å². The molecule has 0 spiro atoms. The highest BCUT2D eigenvalue weighted by Gasteiger charge is 2.25. The molecule has 0 saturated carbocycles. The zero-order valence-electron chi connectivity index (χ0n) is 12.0. The van der Waals surface area contributed by atoms with Crippen LogP contribution in [0.1, 0.15) is 30.8 Å². The Labute approximate surface area is 122 Å². The van der Waals surface area contributed by atoms with Crippen molar-refractivity contribution in [1.82, 2.24) is 10.3 Å². The van der Waals surface area contributed by atoms with Crippen LogP contribution in [0, 0.1) is 5.92 Å². The second kappa shape index (κ2) is 7.98. The van der Waals surface area contributed by atoms with Crippen molar-refractivity contribution in [2.75, 3.05) is 6.61 Å². The highest BCUT2D eigenvalue weighted by atomic mass is 16.5. The van der Waals surface area contributed by atoms with E-state index in [2.05, 4.69) is 10.3 Å². The molecule has 0 aliphatic heterocycles. The lowest BCUT2D eigenvalue weighted by atomic mass is 10.0. The van der Waals surface area contributed by atoms with Gasteiger partial charge in [0.2, 0.25) is 5.91 Å². The van der Waals surface area contributed by atoms with Crippen LogP contribution in [-0.2, 0) is 14.3 Å². The molecule has 0 aromatic carbocycles. The maximum absolute atomic E-state index is 11.9. The second-order valence-electron chi connectivity index (χ2n) is 4.53. The Bertz CT molecular complexity index is 504. The van der Waals surface area contributed by atoms with Crippen molar-refractivity contribution in [2.45, 2.75) is 26.3 Å². The number of primary amides is 1. The minimum Gasteiger partial charge on any atom is -0.466 e. The second-order valence-corrected chi connectivity index (χ2v) is 4.53. The Balaban J connectivity index is 2.68. The van der Waals surface area contributed by atoms with E-state index < -0.39 is 29.7 Å². The van der Waals surface area contributed by atoms with Gasteiger partial charge in [-0.3, -0.25) is 19.4 Å². The number of pyridine rings is 1. The van der Waals surface area contributed by atoms with Crippen LogP contribution in [-0.4, -0.2) is 35.4 Å². The molecule has 0 bridgehead atoms. The molecule has 3 N–H and O–H groups in total. The maximum atomic E-state index is 11.9. The Morgan fingerprint density at radius 2 is 2.10 bits per heavy atom. The van der Waals surface area contributed by atoms with Gasteiger partial charge in [0.15, 0.2) is 0 Å². The smallest absolute Gasteiger partial charge is 0.308 e. The first-order valence-corrected chi connectivity index (χ1v) is 6.63. The van der Waals surface area contributed by atoms with Crippen LogP contribution < -0.4 is 11.1 Å². The van der Waals surface area contributed by atoms with Crippen molar-refractivity contribution in [3.63, 3.8) is 0 Å². The molecule has 0 fully saturated rings. The summed E-state index contributed by atoms with van der Waals surface area (Å²) in [5.74, 6) is -2.21. The van der Waals surface area contributed by atoms with Gasteiger partial charge in [-0.05, 0) is 25.5 Å². The summed E-state index contributed by atoms with van der Waals surface area (Å²) in [6.07, 6.45) is 1.54. The van der Waals surface area contributed by atoms with E-state index in [9.17, 15) is 14.4 Å². The van der Waals surface area contributed by atoms with Crippen LogP contribution in [0.3, 0.4) is 0 Å². The Morgan fingerprint density at radius 1 is 1.38 bits per heavy atom. The number of carbonyl (C=O) groups is 3. The summed E-state index contributed by atoms with van der Waals surface area (Å²) in [6.45, 7) is 3.56. The van der Waals surface area contributed by atoms with Gasteiger partial charge in [-0.2, -0.15) is 0 Å². The van der Waals surface area contributed by atoms with Gasteiger partial charge in [-0.25, -0.2) is 0 Å². The van der Waals surface area contributed by atoms with Crippen LogP contribution in [0.4, 0.5) is 0 Å². The number of amides is 2. The Morgan fingerprint density at radius 3 is 2.62 bits per heavy atom. The SMILES string of the molecule is CCOC(=O)[C@@H](C)C[C@@H](NC(=O)c1ccccn1)C(N)=O.